The van der Waals surface area contributed by atoms with Crippen LogP contribution in [0.3, 0.4) is 0 Å². The number of methoxy groups -OCH3 is 1. The molecule has 40 heavy (non-hydrogen) atoms. The number of aromatic nitrogens is 5. The first kappa shape index (κ1) is 27.9. The molecule has 4 heterocycles. The number of aryl methyl sites for hydroxylation is 1. The number of nitrogens with one attached hydrogen (secondary N) is 1. The lowest BCUT2D eigenvalue weighted by Gasteiger charge is -2.38. The summed E-state index contributed by atoms with van der Waals surface area (Å²) in [5, 5.41) is 3.16. The fraction of sp³-hybridized carbons (Fsp3) is 0.280. The van der Waals surface area contributed by atoms with Crippen LogP contribution in [0.2, 0.25) is 10.2 Å². The molecule has 1 aromatic carbocycles. The summed E-state index contributed by atoms with van der Waals surface area (Å²) in [6.45, 7) is 1.34. The van der Waals surface area contributed by atoms with Crippen molar-refractivity contribution in [1.82, 2.24) is 29.4 Å². The van der Waals surface area contributed by atoms with E-state index in [0.29, 0.717) is 18.6 Å². The van der Waals surface area contributed by atoms with Crippen LogP contribution < -0.4 is 15.8 Å². The number of anilines is 2. The summed E-state index contributed by atoms with van der Waals surface area (Å²) < 4.78 is 54.4. The van der Waals surface area contributed by atoms with Gasteiger partial charge in [0.2, 0.25) is 5.95 Å². The molecule has 0 unspecified atom stereocenters. The quantitative estimate of drug-likeness (QED) is 0.272. The summed E-state index contributed by atoms with van der Waals surface area (Å²) in [6.07, 6.45) is 0.847. The largest absolute Gasteiger partial charge is 0.450 e. The number of ether oxygens (including phenoxy) is 2. The van der Waals surface area contributed by atoms with Crippen molar-refractivity contribution in [1.29, 1.82) is 0 Å². The lowest BCUT2D eigenvalue weighted by molar-refractivity contribution is -0.138. The van der Waals surface area contributed by atoms with Gasteiger partial charge in [-0.3, -0.25) is 4.90 Å². The second-order valence-corrected chi connectivity index (χ2v) is 9.71. The monoisotopic (exact) mass is 594 g/mol. The molecule has 1 saturated heterocycles. The fourth-order valence-electron chi connectivity index (χ4n) is 4.29. The molecule has 1 aliphatic heterocycles. The van der Waals surface area contributed by atoms with Crippen molar-refractivity contribution >= 4 is 51.8 Å². The van der Waals surface area contributed by atoms with Gasteiger partial charge >= 0.3 is 6.18 Å². The molecule has 5 rings (SSSR count). The molecule has 0 radical (unpaired) electrons. The fourth-order valence-corrected chi connectivity index (χ4v) is 4.79. The van der Waals surface area contributed by atoms with Crippen LogP contribution in [-0.2, 0) is 24.5 Å². The number of nitrogens with zero attached hydrogens (tertiary/aromatic N) is 6. The first-order chi connectivity index (χ1) is 19.1. The van der Waals surface area contributed by atoms with Crippen LogP contribution in [0.15, 0.2) is 43.0 Å². The van der Waals surface area contributed by atoms with E-state index in [4.69, 9.17) is 38.4 Å². The smallest absolute Gasteiger partial charge is 0.416 e. The number of hydrogen-bond donors (Lipinski definition) is 2. The van der Waals surface area contributed by atoms with Gasteiger partial charge in [-0.25, -0.2) is 15.0 Å². The maximum absolute atomic E-state index is 13.9. The lowest BCUT2D eigenvalue weighted by atomic mass is 10.0. The highest BCUT2D eigenvalue weighted by molar-refractivity contribution is 6.36. The minimum absolute atomic E-state index is 0.0434. The van der Waals surface area contributed by atoms with E-state index in [2.05, 4.69) is 25.3 Å². The van der Waals surface area contributed by atoms with Gasteiger partial charge in [0.05, 0.1) is 17.9 Å². The second kappa shape index (κ2) is 11.1. The number of imidazole rings is 1. The number of nitrogens with two attached hydrogens (primary N) is 1. The van der Waals surface area contributed by atoms with Gasteiger partial charge in [0.15, 0.2) is 22.3 Å². The molecule has 210 valence electrons. The van der Waals surface area contributed by atoms with Crippen LogP contribution >= 0.6 is 23.2 Å². The molecule has 0 spiro atoms. The molecular formula is C25H23Cl2F3N8O2. The Morgan fingerprint density at radius 2 is 1.95 bits per heavy atom. The molecule has 0 atom stereocenters. The average Bonchev–Trinajstić information content (AvgIpc) is 3.21. The molecule has 0 amide bonds. The van der Waals surface area contributed by atoms with Crippen molar-refractivity contribution in [3.63, 3.8) is 0 Å². The molecule has 15 heteroatoms. The molecular weight excluding hydrogens is 572 g/mol. The Labute approximate surface area is 236 Å². The van der Waals surface area contributed by atoms with Gasteiger partial charge in [0, 0.05) is 58.1 Å². The van der Waals surface area contributed by atoms with Crippen LogP contribution in [0, 0.1) is 0 Å². The third kappa shape index (κ3) is 5.50. The van der Waals surface area contributed by atoms with Crippen LogP contribution in [0.1, 0.15) is 16.8 Å². The Morgan fingerprint density at radius 3 is 2.62 bits per heavy atom. The molecule has 0 aliphatic carbocycles. The zero-order chi connectivity index (χ0) is 28.6. The lowest BCUT2D eigenvalue weighted by Crippen LogP contribution is -2.51. The first-order valence-corrected chi connectivity index (χ1v) is 12.6. The number of fused-ring (bicyclic) bond motifs is 1. The maximum Gasteiger partial charge on any atom is 0.416 e. The summed E-state index contributed by atoms with van der Waals surface area (Å²) in [6, 6.07) is 4.10. The van der Waals surface area contributed by atoms with Crippen molar-refractivity contribution in [2.45, 2.75) is 18.8 Å². The van der Waals surface area contributed by atoms with Crippen LogP contribution in [-0.4, -0.2) is 55.7 Å². The van der Waals surface area contributed by atoms with Crippen molar-refractivity contribution in [3.05, 3.63) is 70.0 Å². The number of pyridine rings is 1. The number of rotatable bonds is 8. The molecule has 10 nitrogen and oxygen atoms in total. The Hall–Kier alpha value is -3.65. The van der Waals surface area contributed by atoms with Crippen molar-refractivity contribution in [2.24, 2.45) is 12.8 Å². The predicted octanol–water partition coefficient (Wildman–Crippen LogP) is 4.99. The number of halogens is 5. The van der Waals surface area contributed by atoms with Gasteiger partial charge in [-0.15, -0.1) is 0 Å². The second-order valence-electron chi connectivity index (χ2n) is 8.98. The summed E-state index contributed by atoms with van der Waals surface area (Å²) in [5.74, 6) is 0.449. The van der Waals surface area contributed by atoms with Gasteiger partial charge < -0.3 is 25.1 Å². The van der Waals surface area contributed by atoms with E-state index in [-0.39, 0.29) is 62.9 Å². The molecule has 0 saturated carbocycles. The van der Waals surface area contributed by atoms with E-state index in [1.54, 1.807) is 24.8 Å². The summed E-state index contributed by atoms with van der Waals surface area (Å²) in [7, 11) is 3.23. The topological polar surface area (TPSA) is 116 Å². The van der Waals surface area contributed by atoms with E-state index in [1.165, 1.54) is 24.7 Å². The molecule has 4 aromatic rings. The number of likely N-dealkylation sites (tertiary alicyclic amines) is 1. The van der Waals surface area contributed by atoms with E-state index in [0.717, 1.165) is 12.3 Å². The molecule has 1 aliphatic rings. The van der Waals surface area contributed by atoms with Crippen molar-refractivity contribution in [3.8, 4) is 5.75 Å². The molecule has 0 bridgehead atoms. The zero-order valence-electron chi connectivity index (χ0n) is 21.2. The third-order valence-electron chi connectivity index (χ3n) is 6.39. The molecule has 3 aromatic heterocycles. The summed E-state index contributed by atoms with van der Waals surface area (Å²) in [5.41, 5.74) is 6.19. The van der Waals surface area contributed by atoms with Crippen molar-refractivity contribution < 1.29 is 22.6 Å². The standard InChI is InChI=1S/C25H23Cl2F3N8O2/c1-37-21-19(26)18(40-17(8-31)20-22(27)33-6-5-32-20)9-34-23(21)36-24(37)35-14-4-3-13(16(7-14)25(28,29)30)10-38-11-15(12-38)39-2/h3-9,15H,10-12,31H2,1-2H3,(H,34,35,36). The van der Waals surface area contributed by atoms with Gasteiger partial charge in [-0.1, -0.05) is 29.3 Å². The third-order valence-corrected chi connectivity index (χ3v) is 7.03. The average molecular weight is 595 g/mol. The van der Waals surface area contributed by atoms with Gasteiger partial charge in [0.25, 0.3) is 0 Å². The van der Waals surface area contributed by atoms with E-state index < -0.39 is 11.7 Å². The van der Waals surface area contributed by atoms with Gasteiger partial charge in [0.1, 0.15) is 16.2 Å². The Kier molecular flexibility index (Phi) is 7.73. The normalized spacial score (nSPS) is 14.9. The van der Waals surface area contributed by atoms with E-state index in [9.17, 15) is 13.2 Å². The number of benzene rings is 1. The Bertz CT molecular complexity index is 1590. The van der Waals surface area contributed by atoms with E-state index >= 15 is 0 Å². The summed E-state index contributed by atoms with van der Waals surface area (Å²) >= 11 is 12.7. The minimum Gasteiger partial charge on any atom is -0.450 e. The van der Waals surface area contributed by atoms with Gasteiger partial charge in [-0.05, 0) is 17.7 Å². The van der Waals surface area contributed by atoms with Crippen LogP contribution in [0.25, 0.3) is 16.9 Å². The Morgan fingerprint density at radius 1 is 1.20 bits per heavy atom. The number of alkyl halides is 3. The maximum atomic E-state index is 13.9. The highest BCUT2D eigenvalue weighted by Crippen LogP contribution is 2.38. The highest BCUT2D eigenvalue weighted by atomic mass is 35.5. The first-order valence-electron chi connectivity index (χ1n) is 11.9. The molecule has 1 fully saturated rings. The predicted molar refractivity (Wildman–Crippen MR) is 144 cm³/mol. The van der Waals surface area contributed by atoms with Crippen LogP contribution in [0.5, 0.6) is 5.75 Å². The minimum atomic E-state index is -4.54. The zero-order valence-corrected chi connectivity index (χ0v) is 22.7. The Balaban J connectivity index is 1.42. The SMILES string of the molecule is COC1CN(Cc2ccc(Nc3nc4ncc(OC(=CN)c5nccnc5Cl)c(Cl)c4n3C)cc2C(F)(F)F)C1. The van der Waals surface area contributed by atoms with Gasteiger partial charge in [-0.2, -0.15) is 18.2 Å². The highest BCUT2D eigenvalue weighted by Gasteiger charge is 2.35. The number of hydrogen-bond acceptors (Lipinski definition) is 9. The van der Waals surface area contributed by atoms with Crippen molar-refractivity contribution in [2.75, 3.05) is 25.5 Å². The summed E-state index contributed by atoms with van der Waals surface area (Å²) in [4.78, 5) is 18.7. The van der Waals surface area contributed by atoms with E-state index in [1.807, 2.05) is 4.90 Å². The molecule has 3 N–H and O–H groups in total. The van der Waals surface area contributed by atoms with Crippen LogP contribution in [0.4, 0.5) is 24.8 Å².